The molecule has 0 unspecified atom stereocenters. The van der Waals surface area contributed by atoms with E-state index in [0.717, 1.165) is 6.42 Å². The summed E-state index contributed by atoms with van der Waals surface area (Å²) in [5, 5.41) is 0. The normalized spacial score (nSPS) is 8.39. The molecule has 0 N–H and O–H groups in total. The summed E-state index contributed by atoms with van der Waals surface area (Å²) in [6.07, 6.45) is 1.03. The number of aryl methyl sites for hydroxylation is 1. The smallest absolute Gasteiger partial charge is 0.106 e. The molecule has 0 bridgehead atoms. The van der Waals surface area contributed by atoms with Gasteiger partial charge in [0.05, 0.1) is 0 Å². The van der Waals surface area contributed by atoms with Gasteiger partial charge in [0.1, 0.15) is 6.79 Å². The average Bonchev–Trinajstić information content (AvgIpc) is 2.44. The van der Waals surface area contributed by atoms with E-state index in [-0.39, 0.29) is 0 Å². The van der Waals surface area contributed by atoms with Crippen molar-refractivity contribution >= 4 is 6.79 Å². The van der Waals surface area contributed by atoms with Crippen LogP contribution in [0.25, 0.3) is 0 Å². The molecule has 2 aromatic carbocycles. The SMILES string of the molecule is C=O.CC.Cc1cccc(Cc2ccccc2)c1. The van der Waals surface area contributed by atoms with Crippen molar-refractivity contribution in [3.63, 3.8) is 0 Å². The number of carbonyl (C=O) groups is 1. The van der Waals surface area contributed by atoms with Crippen LogP contribution in [0.4, 0.5) is 0 Å². The molecule has 2 aromatic rings. The first kappa shape index (κ1) is 16.1. The number of hydrogen-bond donors (Lipinski definition) is 0. The molecule has 2 rings (SSSR count). The summed E-state index contributed by atoms with van der Waals surface area (Å²) in [5.74, 6) is 0. The van der Waals surface area contributed by atoms with Crippen molar-refractivity contribution in [1.29, 1.82) is 0 Å². The van der Waals surface area contributed by atoms with Crippen LogP contribution < -0.4 is 0 Å². The third kappa shape index (κ3) is 6.00. The van der Waals surface area contributed by atoms with E-state index in [1.54, 1.807) is 0 Å². The van der Waals surface area contributed by atoms with Gasteiger partial charge < -0.3 is 4.79 Å². The van der Waals surface area contributed by atoms with E-state index in [0.29, 0.717) is 0 Å². The summed E-state index contributed by atoms with van der Waals surface area (Å²) in [6, 6.07) is 19.2. The van der Waals surface area contributed by atoms with Crippen molar-refractivity contribution in [3.8, 4) is 0 Å². The molecule has 0 atom stereocenters. The Kier molecular flexibility index (Phi) is 9.20. The monoisotopic (exact) mass is 242 g/mol. The maximum atomic E-state index is 8.00. The van der Waals surface area contributed by atoms with Crippen molar-refractivity contribution in [1.82, 2.24) is 0 Å². The van der Waals surface area contributed by atoms with Gasteiger partial charge in [-0.15, -0.1) is 0 Å². The highest BCUT2D eigenvalue weighted by atomic mass is 16.1. The Morgan fingerprint density at radius 1 is 0.833 bits per heavy atom. The van der Waals surface area contributed by atoms with Crippen LogP contribution in [0, 0.1) is 6.92 Å². The highest BCUT2D eigenvalue weighted by molar-refractivity contribution is 5.28. The fraction of sp³-hybridized carbons (Fsp3) is 0.235. The van der Waals surface area contributed by atoms with E-state index >= 15 is 0 Å². The Labute approximate surface area is 110 Å². The summed E-state index contributed by atoms with van der Waals surface area (Å²) in [5.41, 5.74) is 4.09. The van der Waals surface area contributed by atoms with Crippen LogP contribution in [0.3, 0.4) is 0 Å². The molecule has 96 valence electrons. The lowest BCUT2D eigenvalue weighted by atomic mass is 10.0. The molecule has 0 radical (unpaired) electrons. The number of benzene rings is 2. The molecule has 0 aliphatic heterocycles. The summed E-state index contributed by atoms with van der Waals surface area (Å²) in [4.78, 5) is 8.00. The van der Waals surface area contributed by atoms with Gasteiger partial charge in [-0.05, 0) is 24.5 Å². The molecule has 0 amide bonds. The molecule has 0 spiro atoms. The van der Waals surface area contributed by atoms with E-state index < -0.39 is 0 Å². The second-order valence-corrected chi connectivity index (χ2v) is 3.65. The Hall–Kier alpha value is -1.89. The summed E-state index contributed by atoms with van der Waals surface area (Å²) < 4.78 is 0. The number of rotatable bonds is 2. The zero-order chi connectivity index (χ0) is 13.8. The summed E-state index contributed by atoms with van der Waals surface area (Å²) in [7, 11) is 0. The second-order valence-electron chi connectivity index (χ2n) is 3.65. The van der Waals surface area contributed by atoms with Gasteiger partial charge in [-0.1, -0.05) is 74.0 Å². The first-order valence-electron chi connectivity index (χ1n) is 6.23. The third-order valence-electron chi connectivity index (χ3n) is 2.33. The Bertz CT molecular complexity index is 421. The molecule has 0 fully saturated rings. The van der Waals surface area contributed by atoms with Gasteiger partial charge in [-0.2, -0.15) is 0 Å². The van der Waals surface area contributed by atoms with E-state index in [1.165, 1.54) is 16.7 Å². The Morgan fingerprint density at radius 3 is 1.94 bits per heavy atom. The lowest BCUT2D eigenvalue weighted by molar-refractivity contribution is -0.0979. The van der Waals surface area contributed by atoms with Gasteiger partial charge in [-0.25, -0.2) is 0 Å². The van der Waals surface area contributed by atoms with Crippen LogP contribution in [-0.2, 0) is 11.2 Å². The molecule has 0 aliphatic rings. The first-order chi connectivity index (χ1) is 8.84. The van der Waals surface area contributed by atoms with Crippen molar-refractivity contribution in [2.24, 2.45) is 0 Å². The van der Waals surface area contributed by atoms with Crippen molar-refractivity contribution in [2.45, 2.75) is 27.2 Å². The minimum absolute atomic E-state index is 1.03. The van der Waals surface area contributed by atoms with E-state index in [4.69, 9.17) is 4.79 Å². The average molecular weight is 242 g/mol. The second kappa shape index (κ2) is 10.3. The molecule has 1 nitrogen and oxygen atoms in total. The fourth-order valence-electron chi connectivity index (χ4n) is 1.65. The van der Waals surface area contributed by atoms with Crippen LogP contribution in [0.15, 0.2) is 54.6 Å². The Morgan fingerprint density at radius 2 is 1.39 bits per heavy atom. The minimum Gasteiger partial charge on any atom is -0.307 e. The van der Waals surface area contributed by atoms with Crippen LogP contribution in [0.2, 0.25) is 0 Å². The van der Waals surface area contributed by atoms with Crippen molar-refractivity contribution < 1.29 is 4.79 Å². The molecular formula is C17H22O. The summed E-state index contributed by atoms with van der Waals surface area (Å²) in [6.45, 7) is 8.13. The molecule has 0 aliphatic carbocycles. The van der Waals surface area contributed by atoms with Crippen LogP contribution in [0.1, 0.15) is 30.5 Å². The fourth-order valence-corrected chi connectivity index (χ4v) is 1.65. The van der Waals surface area contributed by atoms with Crippen molar-refractivity contribution in [3.05, 3.63) is 71.3 Å². The Balaban J connectivity index is 0.000000659. The standard InChI is InChI=1S/C14H14.C2H6.CH2O/c1-12-6-5-9-14(10-12)11-13-7-3-2-4-8-13;2*1-2/h2-10H,11H2,1H3;1-2H3;1H2. The largest absolute Gasteiger partial charge is 0.307 e. The van der Waals surface area contributed by atoms with E-state index in [9.17, 15) is 0 Å². The van der Waals surface area contributed by atoms with E-state index in [2.05, 4.69) is 61.5 Å². The molecule has 0 aromatic heterocycles. The van der Waals surface area contributed by atoms with Gasteiger partial charge in [0.25, 0.3) is 0 Å². The number of hydrogen-bond acceptors (Lipinski definition) is 1. The van der Waals surface area contributed by atoms with Gasteiger partial charge in [0.2, 0.25) is 0 Å². The molecule has 0 heterocycles. The highest BCUT2D eigenvalue weighted by Gasteiger charge is 1.94. The number of carbonyl (C=O) groups excluding carboxylic acids is 1. The molecular weight excluding hydrogens is 220 g/mol. The van der Waals surface area contributed by atoms with Crippen LogP contribution in [0.5, 0.6) is 0 Å². The van der Waals surface area contributed by atoms with Crippen LogP contribution in [-0.4, -0.2) is 6.79 Å². The zero-order valence-electron chi connectivity index (χ0n) is 11.5. The summed E-state index contributed by atoms with van der Waals surface area (Å²) >= 11 is 0. The van der Waals surface area contributed by atoms with Gasteiger partial charge in [0, 0.05) is 0 Å². The van der Waals surface area contributed by atoms with Gasteiger partial charge >= 0.3 is 0 Å². The third-order valence-corrected chi connectivity index (χ3v) is 2.33. The zero-order valence-corrected chi connectivity index (χ0v) is 11.5. The topological polar surface area (TPSA) is 17.1 Å². The predicted molar refractivity (Wildman–Crippen MR) is 78.9 cm³/mol. The van der Waals surface area contributed by atoms with Gasteiger partial charge in [-0.3, -0.25) is 0 Å². The predicted octanol–water partition coefficient (Wildman–Crippen LogP) is 4.43. The molecule has 18 heavy (non-hydrogen) atoms. The van der Waals surface area contributed by atoms with Crippen molar-refractivity contribution in [2.75, 3.05) is 0 Å². The maximum Gasteiger partial charge on any atom is 0.106 e. The maximum absolute atomic E-state index is 8.00. The van der Waals surface area contributed by atoms with E-state index in [1.807, 2.05) is 20.6 Å². The lowest BCUT2D eigenvalue weighted by Crippen LogP contribution is -1.87. The molecule has 0 saturated heterocycles. The molecule has 0 saturated carbocycles. The quantitative estimate of drug-likeness (QED) is 0.761. The molecule has 1 heteroatoms. The minimum atomic E-state index is 1.03. The highest BCUT2D eigenvalue weighted by Crippen LogP contribution is 2.10. The lowest BCUT2D eigenvalue weighted by Gasteiger charge is -2.02. The first-order valence-corrected chi connectivity index (χ1v) is 6.23. The van der Waals surface area contributed by atoms with Gasteiger partial charge in [0.15, 0.2) is 0 Å². The van der Waals surface area contributed by atoms with Crippen LogP contribution >= 0.6 is 0 Å².